The van der Waals surface area contributed by atoms with Crippen molar-refractivity contribution in [1.29, 1.82) is 0 Å². The normalized spacial score (nSPS) is 15.0. The minimum atomic E-state index is -0.115. The van der Waals surface area contributed by atoms with E-state index >= 15 is 0 Å². The molecule has 2 aromatic heterocycles. The Morgan fingerprint density at radius 3 is 2.71 bits per heavy atom. The number of likely N-dealkylation sites (tertiary alicyclic amines) is 1. The van der Waals surface area contributed by atoms with E-state index in [1.54, 1.807) is 12.4 Å². The minimum absolute atomic E-state index is 0.115. The lowest BCUT2D eigenvalue weighted by Crippen LogP contribution is -2.31. The number of anilines is 1. The molecule has 1 fully saturated rings. The van der Waals surface area contributed by atoms with E-state index in [0.29, 0.717) is 29.9 Å². The highest BCUT2D eigenvalue weighted by Gasteiger charge is 2.22. The first-order valence-corrected chi connectivity index (χ1v) is 13.2. The zero-order valence-corrected chi connectivity index (χ0v) is 21.1. The van der Waals surface area contributed by atoms with E-state index in [9.17, 15) is 9.59 Å². The summed E-state index contributed by atoms with van der Waals surface area (Å²) in [4.78, 5) is 31.3. The zero-order chi connectivity index (χ0) is 24.6. The van der Waals surface area contributed by atoms with Gasteiger partial charge in [-0.05, 0) is 55.0 Å². The molecule has 1 atom stereocenters. The number of carbonyl (C=O) groups excluding carboxylic acids is 2. The fraction of sp³-hybridized carbons (Fsp3) is 0.423. The van der Waals surface area contributed by atoms with Gasteiger partial charge in [-0.2, -0.15) is 0 Å². The van der Waals surface area contributed by atoms with Gasteiger partial charge >= 0.3 is 0 Å². The van der Waals surface area contributed by atoms with Crippen molar-refractivity contribution in [1.82, 2.24) is 24.6 Å². The Bertz CT molecular complexity index is 1130. The van der Waals surface area contributed by atoms with Gasteiger partial charge < -0.3 is 10.2 Å². The molecule has 3 heterocycles. The van der Waals surface area contributed by atoms with Gasteiger partial charge in [0.2, 0.25) is 11.8 Å². The SMILES string of the molecule is CCC(C)c1ccc(NC(=O)CSc2nnc(CN3CCCCCC3=O)n2-c2cccnc2)cc1. The van der Waals surface area contributed by atoms with E-state index in [1.807, 2.05) is 33.7 Å². The van der Waals surface area contributed by atoms with Gasteiger partial charge in [-0.15, -0.1) is 10.2 Å². The quantitative estimate of drug-likeness (QED) is 0.431. The number of benzene rings is 1. The highest BCUT2D eigenvalue weighted by molar-refractivity contribution is 7.99. The van der Waals surface area contributed by atoms with Crippen LogP contribution in [0.4, 0.5) is 5.69 Å². The van der Waals surface area contributed by atoms with Gasteiger partial charge in [0.1, 0.15) is 0 Å². The zero-order valence-electron chi connectivity index (χ0n) is 20.3. The van der Waals surface area contributed by atoms with Crippen molar-refractivity contribution < 1.29 is 9.59 Å². The highest BCUT2D eigenvalue weighted by Crippen LogP contribution is 2.24. The number of carbonyl (C=O) groups is 2. The molecule has 1 aromatic carbocycles. The van der Waals surface area contributed by atoms with Crippen molar-refractivity contribution >= 4 is 29.3 Å². The van der Waals surface area contributed by atoms with Gasteiger partial charge in [-0.25, -0.2) is 0 Å². The number of rotatable bonds is 9. The lowest BCUT2D eigenvalue weighted by atomic mass is 9.99. The minimum Gasteiger partial charge on any atom is -0.335 e. The van der Waals surface area contributed by atoms with Crippen LogP contribution in [0.2, 0.25) is 0 Å². The monoisotopic (exact) mass is 492 g/mol. The summed E-state index contributed by atoms with van der Waals surface area (Å²) in [6.07, 6.45) is 8.08. The van der Waals surface area contributed by atoms with Gasteiger partial charge in [0.05, 0.1) is 24.2 Å². The van der Waals surface area contributed by atoms with Crippen molar-refractivity contribution in [2.24, 2.45) is 0 Å². The average Bonchev–Trinajstić information content (AvgIpc) is 3.17. The highest BCUT2D eigenvalue weighted by atomic mass is 32.2. The lowest BCUT2D eigenvalue weighted by Gasteiger charge is -2.20. The van der Waals surface area contributed by atoms with E-state index in [1.165, 1.54) is 17.3 Å². The second-order valence-electron chi connectivity index (χ2n) is 8.84. The topological polar surface area (TPSA) is 93.0 Å². The largest absolute Gasteiger partial charge is 0.335 e. The second-order valence-corrected chi connectivity index (χ2v) is 9.78. The number of aromatic nitrogens is 4. The first-order chi connectivity index (χ1) is 17.0. The van der Waals surface area contributed by atoms with E-state index < -0.39 is 0 Å². The van der Waals surface area contributed by atoms with Gasteiger partial charge in [0, 0.05) is 24.8 Å². The molecule has 4 rings (SSSR count). The molecule has 0 bridgehead atoms. The Hall–Kier alpha value is -3.20. The third-order valence-electron chi connectivity index (χ3n) is 6.32. The molecule has 1 aliphatic rings. The van der Waals surface area contributed by atoms with E-state index in [0.717, 1.165) is 43.6 Å². The van der Waals surface area contributed by atoms with Crippen molar-refractivity contribution in [2.45, 2.75) is 63.6 Å². The van der Waals surface area contributed by atoms with Crippen LogP contribution in [0.1, 0.15) is 63.3 Å². The van der Waals surface area contributed by atoms with Crippen molar-refractivity contribution in [3.05, 3.63) is 60.2 Å². The number of thioether (sulfide) groups is 1. The molecular weight excluding hydrogens is 460 g/mol. The van der Waals surface area contributed by atoms with Crippen LogP contribution in [0, 0.1) is 0 Å². The Kier molecular flexibility index (Phi) is 8.52. The molecule has 1 saturated heterocycles. The van der Waals surface area contributed by atoms with Gasteiger partial charge in [-0.3, -0.25) is 19.1 Å². The van der Waals surface area contributed by atoms with E-state index in [4.69, 9.17) is 0 Å². The lowest BCUT2D eigenvalue weighted by molar-refractivity contribution is -0.131. The summed E-state index contributed by atoms with van der Waals surface area (Å²) in [5.41, 5.74) is 2.84. The molecular formula is C26H32N6O2S. The summed E-state index contributed by atoms with van der Waals surface area (Å²) in [5, 5.41) is 12.3. The molecule has 35 heavy (non-hydrogen) atoms. The summed E-state index contributed by atoms with van der Waals surface area (Å²) >= 11 is 1.31. The van der Waals surface area contributed by atoms with Crippen LogP contribution >= 0.6 is 11.8 Å². The molecule has 8 nitrogen and oxygen atoms in total. The molecule has 2 amide bonds. The second kappa shape index (κ2) is 12.0. The standard InChI is InChI=1S/C26H32N6O2S/c1-3-19(2)20-10-12-21(13-11-20)28-24(33)18-35-26-30-29-23(32(26)22-8-7-14-27-16-22)17-31-15-6-4-5-9-25(31)34/h7-8,10-14,16,19H,3-6,9,15,17-18H2,1-2H3,(H,28,33). The summed E-state index contributed by atoms with van der Waals surface area (Å²) in [7, 11) is 0. The molecule has 3 aromatic rings. The van der Waals surface area contributed by atoms with Crippen LogP contribution in [0.5, 0.6) is 0 Å². The fourth-order valence-corrected chi connectivity index (χ4v) is 4.85. The van der Waals surface area contributed by atoms with Crippen molar-refractivity contribution in [2.75, 3.05) is 17.6 Å². The van der Waals surface area contributed by atoms with Crippen molar-refractivity contribution in [3.63, 3.8) is 0 Å². The smallest absolute Gasteiger partial charge is 0.234 e. The van der Waals surface area contributed by atoms with Gasteiger partial charge in [0.15, 0.2) is 11.0 Å². The van der Waals surface area contributed by atoms with Crippen LogP contribution in [0.25, 0.3) is 5.69 Å². The molecule has 1 aliphatic heterocycles. The molecule has 0 saturated carbocycles. The van der Waals surface area contributed by atoms with Crippen LogP contribution in [-0.2, 0) is 16.1 Å². The van der Waals surface area contributed by atoms with Crippen LogP contribution in [0.15, 0.2) is 53.9 Å². The Morgan fingerprint density at radius 2 is 1.97 bits per heavy atom. The number of hydrogen-bond donors (Lipinski definition) is 1. The predicted octanol–water partition coefficient (Wildman–Crippen LogP) is 4.81. The maximum Gasteiger partial charge on any atom is 0.234 e. The molecule has 0 radical (unpaired) electrons. The summed E-state index contributed by atoms with van der Waals surface area (Å²) < 4.78 is 1.89. The van der Waals surface area contributed by atoms with Gasteiger partial charge in [-0.1, -0.05) is 44.2 Å². The first kappa shape index (κ1) is 24.9. The molecule has 9 heteroatoms. The summed E-state index contributed by atoms with van der Waals surface area (Å²) in [6, 6.07) is 11.8. The van der Waals surface area contributed by atoms with Crippen molar-refractivity contribution in [3.8, 4) is 5.69 Å². The number of hydrogen-bond acceptors (Lipinski definition) is 6. The number of nitrogens with one attached hydrogen (secondary N) is 1. The Balaban J connectivity index is 1.46. The predicted molar refractivity (Wildman–Crippen MR) is 138 cm³/mol. The molecule has 1 unspecified atom stereocenters. The van der Waals surface area contributed by atoms with Crippen LogP contribution in [-0.4, -0.2) is 48.8 Å². The van der Waals surface area contributed by atoms with Crippen LogP contribution < -0.4 is 5.32 Å². The molecule has 184 valence electrons. The summed E-state index contributed by atoms with van der Waals surface area (Å²) in [6.45, 7) is 5.47. The first-order valence-electron chi connectivity index (χ1n) is 12.2. The summed E-state index contributed by atoms with van der Waals surface area (Å²) in [5.74, 6) is 1.38. The van der Waals surface area contributed by atoms with Gasteiger partial charge in [0.25, 0.3) is 0 Å². The van der Waals surface area contributed by atoms with E-state index in [2.05, 4.69) is 46.5 Å². The molecule has 0 aliphatic carbocycles. The molecule has 0 spiro atoms. The van der Waals surface area contributed by atoms with Crippen LogP contribution in [0.3, 0.4) is 0 Å². The fourth-order valence-electron chi connectivity index (χ4n) is 4.08. The maximum absolute atomic E-state index is 12.7. The molecule has 1 N–H and O–H groups in total. The van der Waals surface area contributed by atoms with E-state index in [-0.39, 0.29) is 17.6 Å². The third kappa shape index (κ3) is 6.48. The Labute approximate surface area is 210 Å². The number of amides is 2. The third-order valence-corrected chi connectivity index (χ3v) is 7.25. The Morgan fingerprint density at radius 1 is 1.14 bits per heavy atom. The number of nitrogens with zero attached hydrogens (tertiary/aromatic N) is 5. The maximum atomic E-state index is 12.7. The number of pyridine rings is 1. The average molecular weight is 493 g/mol.